The summed E-state index contributed by atoms with van der Waals surface area (Å²) in [5.41, 5.74) is 9.96. The molecule has 0 atom stereocenters. The highest BCUT2D eigenvalue weighted by Gasteiger charge is 2.17. The van der Waals surface area contributed by atoms with Gasteiger partial charge in [-0.05, 0) is 35.9 Å². The molecule has 0 aromatic heterocycles. The summed E-state index contributed by atoms with van der Waals surface area (Å²) >= 11 is 0. The first kappa shape index (κ1) is 13.5. The number of benzene rings is 3. The number of fused-ring (bicyclic) bond motifs is 2. The fraction of sp³-hybridized carbons (Fsp3) is 0. The number of nitrogen functional groups attached to an aromatic ring is 1. The Balaban J connectivity index is 2.17. The summed E-state index contributed by atoms with van der Waals surface area (Å²) in [6.45, 7) is 0. The summed E-state index contributed by atoms with van der Waals surface area (Å²) in [5.74, 6) is 0.402. The van der Waals surface area contributed by atoms with Crippen LogP contribution in [0.3, 0.4) is 0 Å². The first-order chi connectivity index (χ1) is 11.1. The van der Waals surface area contributed by atoms with E-state index in [0.29, 0.717) is 22.4 Å². The zero-order chi connectivity index (χ0) is 16.0. The Morgan fingerprint density at radius 1 is 0.913 bits per heavy atom. The minimum atomic E-state index is -0.267. The zero-order valence-corrected chi connectivity index (χ0v) is 12.2. The summed E-state index contributed by atoms with van der Waals surface area (Å²) in [5, 5.41) is 7.41. The van der Waals surface area contributed by atoms with Crippen molar-refractivity contribution in [3.05, 3.63) is 71.8 Å². The molecule has 2 aromatic carbocycles. The summed E-state index contributed by atoms with van der Waals surface area (Å²) in [6.07, 6.45) is 0. The van der Waals surface area contributed by atoms with Gasteiger partial charge < -0.3 is 10.2 Å². The summed E-state index contributed by atoms with van der Waals surface area (Å²) in [6, 6.07) is 17.5. The van der Waals surface area contributed by atoms with Crippen LogP contribution in [0, 0.1) is 5.82 Å². The molecule has 23 heavy (non-hydrogen) atoms. The molecule has 0 fully saturated rings. The standard InChI is InChI=1S/C19H13FN2O/c20-12-3-1-11(2-4-12)19-15-7-5-13(21)9-17(15)23-18-10-14(22)6-8-16(18)19/h1-10,21H,22H2/p+1. The molecular weight excluding hydrogens is 291 g/mol. The molecule has 0 radical (unpaired) electrons. The van der Waals surface area contributed by atoms with Crippen molar-refractivity contribution >= 4 is 16.7 Å². The van der Waals surface area contributed by atoms with E-state index < -0.39 is 0 Å². The molecule has 112 valence electrons. The van der Waals surface area contributed by atoms with Crippen LogP contribution in [0.2, 0.25) is 0 Å². The van der Waals surface area contributed by atoms with Crippen LogP contribution in [-0.2, 0) is 0 Å². The highest BCUT2D eigenvalue weighted by Crippen LogP contribution is 2.40. The van der Waals surface area contributed by atoms with Gasteiger partial charge in [0.05, 0.1) is 6.07 Å². The van der Waals surface area contributed by atoms with Crippen molar-refractivity contribution in [2.75, 3.05) is 5.73 Å². The first-order valence-corrected chi connectivity index (χ1v) is 7.22. The van der Waals surface area contributed by atoms with Crippen molar-refractivity contribution in [2.24, 2.45) is 0 Å². The van der Waals surface area contributed by atoms with E-state index in [0.717, 1.165) is 22.1 Å². The second kappa shape index (κ2) is 4.95. The molecule has 0 unspecified atom stereocenters. The lowest BCUT2D eigenvalue weighted by molar-refractivity contribution is -0.172. The van der Waals surface area contributed by atoms with Crippen LogP contribution in [0.4, 0.5) is 10.1 Å². The van der Waals surface area contributed by atoms with Crippen LogP contribution in [0.5, 0.6) is 0 Å². The molecule has 1 aliphatic heterocycles. The van der Waals surface area contributed by atoms with Crippen molar-refractivity contribution in [1.82, 2.24) is 0 Å². The van der Waals surface area contributed by atoms with Gasteiger partial charge in [0, 0.05) is 34.3 Å². The predicted octanol–water partition coefficient (Wildman–Crippen LogP) is 2.59. The summed E-state index contributed by atoms with van der Waals surface area (Å²) < 4.78 is 19.2. The van der Waals surface area contributed by atoms with E-state index in [4.69, 9.17) is 15.6 Å². The lowest BCUT2D eigenvalue weighted by Crippen LogP contribution is -2.44. The Morgan fingerprint density at radius 2 is 1.70 bits per heavy atom. The lowest BCUT2D eigenvalue weighted by atomic mass is 9.93. The molecule has 2 aromatic rings. The van der Waals surface area contributed by atoms with Crippen molar-refractivity contribution in [2.45, 2.75) is 0 Å². The monoisotopic (exact) mass is 305 g/mol. The van der Waals surface area contributed by atoms with Gasteiger partial charge in [0.25, 0.3) is 0 Å². The molecule has 4 heteroatoms. The predicted molar refractivity (Wildman–Crippen MR) is 87.7 cm³/mol. The minimum Gasteiger partial charge on any atom is -0.456 e. The molecule has 0 bridgehead atoms. The van der Waals surface area contributed by atoms with Gasteiger partial charge in [-0.1, -0.05) is 12.1 Å². The van der Waals surface area contributed by atoms with E-state index >= 15 is 0 Å². The molecular formula is C19H14FN2O+. The molecule has 0 spiro atoms. The smallest absolute Gasteiger partial charge is 0.200 e. The first-order valence-electron chi connectivity index (χ1n) is 7.22. The second-order valence-electron chi connectivity index (χ2n) is 5.50. The van der Waals surface area contributed by atoms with Gasteiger partial charge >= 0.3 is 0 Å². The highest BCUT2D eigenvalue weighted by molar-refractivity contribution is 6.02. The van der Waals surface area contributed by atoms with Crippen LogP contribution in [0.1, 0.15) is 0 Å². The Morgan fingerprint density at radius 3 is 2.48 bits per heavy atom. The number of anilines is 1. The number of hydrogen-bond donors (Lipinski definition) is 2. The molecule has 2 aliphatic rings. The Hall–Kier alpha value is -3.14. The highest BCUT2D eigenvalue weighted by atomic mass is 19.1. The van der Waals surface area contributed by atoms with E-state index in [2.05, 4.69) is 0 Å². The van der Waals surface area contributed by atoms with E-state index in [1.807, 2.05) is 24.3 Å². The quantitative estimate of drug-likeness (QED) is 0.419. The van der Waals surface area contributed by atoms with Crippen molar-refractivity contribution in [1.29, 1.82) is 0 Å². The van der Waals surface area contributed by atoms with Gasteiger partial charge in [-0.15, -0.1) is 0 Å². The normalized spacial score (nSPS) is 11.2. The van der Waals surface area contributed by atoms with Crippen LogP contribution in [0.15, 0.2) is 65.1 Å². The average Bonchev–Trinajstić information content (AvgIpc) is 2.53. The lowest BCUT2D eigenvalue weighted by Gasteiger charge is -2.15. The number of rotatable bonds is 1. The maximum absolute atomic E-state index is 13.3. The van der Waals surface area contributed by atoms with E-state index in [9.17, 15) is 4.39 Å². The summed E-state index contributed by atoms with van der Waals surface area (Å²) in [4.78, 5) is 0. The van der Waals surface area contributed by atoms with Crippen molar-refractivity contribution < 1.29 is 14.2 Å². The van der Waals surface area contributed by atoms with Gasteiger partial charge in [0.15, 0.2) is 5.36 Å². The van der Waals surface area contributed by atoms with Crippen LogP contribution in [-0.4, -0.2) is 0 Å². The Bertz CT molecular complexity index is 1050. The van der Waals surface area contributed by atoms with Crippen molar-refractivity contribution in [3.8, 4) is 22.5 Å². The minimum absolute atomic E-state index is 0.267. The van der Waals surface area contributed by atoms with Gasteiger partial charge in [-0.2, -0.15) is 0 Å². The van der Waals surface area contributed by atoms with Gasteiger partial charge in [0.2, 0.25) is 0 Å². The number of hydrogen-bond acceptors (Lipinski definition) is 2. The fourth-order valence-electron chi connectivity index (χ4n) is 2.85. The fourth-order valence-corrected chi connectivity index (χ4v) is 2.85. The number of nitrogens with two attached hydrogens (primary N) is 2. The van der Waals surface area contributed by atoms with Gasteiger partial charge in [-0.3, -0.25) is 5.41 Å². The van der Waals surface area contributed by atoms with E-state index in [-0.39, 0.29) is 5.82 Å². The Kier molecular flexibility index (Phi) is 2.91. The van der Waals surface area contributed by atoms with Gasteiger partial charge in [0.1, 0.15) is 17.2 Å². The molecule has 1 aliphatic carbocycles. The molecule has 4 rings (SSSR count). The van der Waals surface area contributed by atoms with E-state index in [1.54, 1.807) is 24.3 Å². The van der Waals surface area contributed by atoms with Crippen LogP contribution >= 0.6 is 0 Å². The summed E-state index contributed by atoms with van der Waals surface area (Å²) in [7, 11) is 0. The van der Waals surface area contributed by atoms with Crippen LogP contribution < -0.4 is 16.5 Å². The molecule has 3 nitrogen and oxygen atoms in total. The average molecular weight is 305 g/mol. The molecule has 0 saturated heterocycles. The zero-order valence-electron chi connectivity index (χ0n) is 12.2. The number of halogens is 1. The molecule has 1 heterocycles. The third kappa shape index (κ3) is 2.25. The second-order valence-corrected chi connectivity index (χ2v) is 5.50. The third-order valence-corrected chi connectivity index (χ3v) is 3.90. The van der Waals surface area contributed by atoms with E-state index in [1.165, 1.54) is 12.1 Å². The van der Waals surface area contributed by atoms with Gasteiger partial charge in [-0.25, -0.2) is 4.39 Å². The molecule has 0 saturated carbocycles. The molecule has 4 N–H and O–H groups in total. The molecule has 0 amide bonds. The largest absolute Gasteiger partial charge is 0.456 e. The van der Waals surface area contributed by atoms with Crippen LogP contribution in [0.25, 0.3) is 33.4 Å². The maximum Gasteiger partial charge on any atom is 0.200 e. The SMILES string of the molecule is Nc1ccc2c(-c3ccc(F)cc3)c3ccc(=[NH2+])cc-3oc2c1. The third-order valence-electron chi connectivity index (χ3n) is 3.90. The van der Waals surface area contributed by atoms with Crippen molar-refractivity contribution in [3.63, 3.8) is 0 Å². The topological polar surface area (TPSA) is 64.8 Å². The Labute approximate surface area is 131 Å². The maximum atomic E-state index is 13.3.